The Morgan fingerprint density at radius 1 is 1.07 bits per heavy atom. The van der Waals surface area contributed by atoms with E-state index < -0.39 is 0 Å². The molecule has 6 heteroatoms. The van der Waals surface area contributed by atoms with Crippen molar-refractivity contribution in [1.82, 2.24) is 10.6 Å². The minimum Gasteiger partial charge on any atom is -0.493 e. The largest absolute Gasteiger partial charge is 0.493 e. The normalized spacial score (nSPS) is 23.6. The molecule has 1 saturated heterocycles. The first kappa shape index (κ1) is 22.9. The van der Waals surface area contributed by atoms with Crippen molar-refractivity contribution in [3.05, 3.63) is 59.7 Å². The lowest BCUT2D eigenvalue weighted by Gasteiger charge is -2.33. The van der Waals surface area contributed by atoms with Crippen LogP contribution in [-0.2, 0) is 17.9 Å². The van der Waals surface area contributed by atoms with Crippen LogP contribution >= 0.6 is 12.4 Å². The molecule has 1 heterocycles. The van der Waals surface area contributed by atoms with Gasteiger partial charge in [0.25, 0.3) is 0 Å². The summed E-state index contributed by atoms with van der Waals surface area (Å²) in [5.41, 5.74) is 2.36. The highest BCUT2D eigenvalue weighted by Gasteiger charge is 2.34. The minimum atomic E-state index is 0. The third-order valence-electron chi connectivity index (χ3n) is 6.07. The van der Waals surface area contributed by atoms with E-state index in [4.69, 9.17) is 14.2 Å². The molecule has 1 aliphatic heterocycles. The van der Waals surface area contributed by atoms with Crippen molar-refractivity contribution in [2.24, 2.45) is 5.92 Å². The van der Waals surface area contributed by atoms with E-state index in [9.17, 15) is 0 Å². The molecule has 1 aliphatic carbocycles. The lowest BCUT2D eigenvalue weighted by atomic mass is 9.94. The predicted octanol–water partition coefficient (Wildman–Crippen LogP) is 3.94. The minimum absolute atomic E-state index is 0. The van der Waals surface area contributed by atoms with E-state index in [2.05, 4.69) is 34.9 Å². The highest BCUT2D eigenvalue weighted by atomic mass is 35.5. The van der Waals surface area contributed by atoms with Gasteiger partial charge in [-0.3, -0.25) is 0 Å². The molecule has 2 fully saturated rings. The number of nitrogens with one attached hydrogen (secondary N) is 2. The van der Waals surface area contributed by atoms with E-state index in [0.29, 0.717) is 24.6 Å². The summed E-state index contributed by atoms with van der Waals surface area (Å²) >= 11 is 0. The zero-order valence-electron chi connectivity index (χ0n) is 17.6. The van der Waals surface area contributed by atoms with Crippen molar-refractivity contribution in [1.29, 1.82) is 0 Å². The Labute approximate surface area is 185 Å². The van der Waals surface area contributed by atoms with E-state index >= 15 is 0 Å². The van der Waals surface area contributed by atoms with Crippen LogP contribution in [0.2, 0.25) is 0 Å². The van der Waals surface area contributed by atoms with Gasteiger partial charge in [-0.2, -0.15) is 0 Å². The van der Waals surface area contributed by atoms with E-state index in [-0.39, 0.29) is 12.4 Å². The second kappa shape index (κ2) is 11.6. The highest BCUT2D eigenvalue weighted by molar-refractivity contribution is 5.85. The summed E-state index contributed by atoms with van der Waals surface area (Å²) in [5, 5.41) is 7.42. The molecule has 1 saturated carbocycles. The Kier molecular flexibility index (Phi) is 8.82. The summed E-state index contributed by atoms with van der Waals surface area (Å²) in [6.07, 6.45) is 3.79. The number of methoxy groups -OCH3 is 1. The number of hydrogen-bond donors (Lipinski definition) is 2. The maximum atomic E-state index is 5.98. The van der Waals surface area contributed by atoms with Crippen LogP contribution in [0.5, 0.6) is 11.5 Å². The van der Waals surface area contributed by atoms with Crippen LogP contribution in [0.3, 0.4) is 0 Å². The monoisotopic (exact) mass is 432 g/mol. The van der Waals surface area contributed by atoms with Crippen molar-refractivity contribution in [3.63, 3.8) is 0 Å². The summed E-state index contributed by atoms with van der Waals surface area (Å²) in [7, 11) is 1.70. The smallest absolute Gasteiger partial charge is 0.161 e. The molecule has 5 nitrogen and oxygen atoms in total. The van der Waals surface area contributed by atoms with Crippen molar-refractivity contribution in [2.75, 3.05) is 26.9 Å². The fourth-order valence-electron chi connectivity index (χ4n) is 4.51. The van der Waals surface area contributed by atoms with Gasteiger partial charge in [0.05, 0.1) is 20.3 Å². The third-order valence-corrected chi connectivity index (χ3v) is 6.07. The second-order valence-electron chi connectivity index (χ2n) is 7.98. The molecular formula is C24H33ClN2O3. The Bertz CT molecular complexity index is 768. The molecular weight excluding hydrogens is 400 g/mol. The molecule has 0 aromatic heterocycles. The van der Waals surface area contributed by atoms with Gasteiger partial charge in [0.2, 0.25) is 0 Å². The van der Waals surface area contributed by atoms with Gasteiger partial charge in [-0.1, -0.05) is 42.8 Å². The second-order valence-corrected chi connectivity index (χ2v) is 7.98. The Balaban J connectivity index is 0.00000256. The first-order valence-electron chi connectivity index (χ1n) is 10.7. The lowest BCUT2D eigenvalue weighted by molar-refractivity contribution is 0.0524. The summed E-state index contributed by atoms with van der Waals surface area (Å²) in [6, 6.07) is 17.4. The Hall–Kier alpha value is -1.79. The molecule has 2 aromatic rings. The van der Waals surface area contributed by atoms with Gasteiger partial charge in [-0.05, 0) is 42.0 Å². The average Bonchev–Trinajstić information content (AvgIpc) is 3.26. The Morgan fingerprint density at radius 3 is 2.70 bits per heavy atom. The quantitative estimate of drug-likeness (QED) is 0.661. The Morgan fingerprint density at radius 2 is 1.93 bits per heavy atom. The summed E-state index contributed by atoms with van der Waals surface area (Å²) in [6.45, 7) is 4.01. The van der Waals surface area contributed by atoms with Crippen LogP contribution in [0.1, 0.15) is 30.4 Å². The molecule has 3 unspecified atom stereocenters. The first-order chi connectivity index (χ1) is 14.3. The molecule has 0 spiro atoms. The van der Waals surface area contributed by atoms with Crippen molar-refractivity contribution < 1.29 is 14.2 Å². The third kappa shape index (κ3) is 5.88. The molecule has 0 amide bonds. The van der Waals surface area contributed by atoms with Gasteiger partial charge in [-0.25, -0.2) is 0 Å². The van der Waals surface area contributed by atoms with Crippen LogP contribution < -0.4 is 20.1 Å². The standard InChI is InChI=1S/C24H32N2O3.ClH/c1-27-24-14-19(10-11-23(24)29-16-18-6-3-2-4-7-18)15-26-21-9-5-8-20(21)22-17-28-13-12-25-22;/h2-4,6-7,10-11,14,20-22,25-26H,5,8-9,12-13,15-17H2,1H3;1H. The number of ether oxygens (including phenoxy) is 3. The fraction of sp³-hybridized carbons (Fsp3) is 0.500. The van der Waals surface area contributed by atoms with Crippen LogP contribution in [0.25, 0.3) is 0 Å². The molecule has 2 aromatic carbocycles. The van der Waals surface area contributed by atoms with Crippen molar-refractivity contribution >= 4 is 12.4 Å². The predicted molar refractivity (Wildman–Crippen MR) is 122 cm³/mol. The number of benzene rings is 2. The molecule has 2 aliphatic rings. The fourth-order valence-corrected chi connectivity index (χ4v) is 4.51. The van der Waals surface area contributed by atoms with Gasteiger partial charge < -0.3 is 24.8 Å². The van der Waals surface area contributed by atoms with Gasteiger partial charge in [0.15, 0.2) is 11.5 Å². The SMILES string of the molecule is COc1cc(CNC2CCCC2C2COCCN2)ccc1OCc1ccccc1.Cl. The molecule has 3 atom stereocenters. The maximum absolute atomic E-state index is 5.98. The van der Waals surface area contributed by atoms with Gasteiger partial charge in [0.1, 0.15) is 6.61 Å². The molecule has 164 valence electrons. The van der Waals surface area contributed by atoms with Gasteiger partial charge in [0, 0.05) is 25.2 Å². The van der Waals surface area contributed by atoms with Crippen LogP contribution in [0.4, 0.5) is 0 Å². The number of hydrogen-bond acceptors (Lipinski definition) is 5. The molecule has 2 N–H and O–H groups in total. The molecule has 0 bridgehead atoms. The average molecular weight is 433 g/mol. The van der Waals surface area contributed by atoms with Gasteiger partial charge >= 0.3 is 0 Å². The highest BCUT2D eigenvalue weighted by Crippen LogP contribution is 2.31. The van der Waals surface area contributed by atoms with E-state index in [1.807, 2.05) is 24.3 Å². The van der Waals surface area contributed by atoms with E-state index in [0.717, 1.165) is 43.4 Å². The summed E-state index contributed by atoms with van der Waals surface area (Å²) in [4.78, 5) is 0. The van der Waals surface area contributed by atoms with E-state index in [1.54, 1.807) is 7.11 Å². The molecule has 0 radical (unpaired) electrons. The maximum Gasteiger partial charge on any atom is 0.161 e. The number of morpholine rings is 1. The molecule has 4 rings (SSSR count). The van der Waals surface area contributed by atoms with Crippen LogP contribution in [0.15, 0.2) is 48.5 Å². The number of halogens is 1. The number of rotatable bonds is 8. The summed E-state index contributed by atoms with van der Waals surface area (Å²) in [5.74, 6) is 2.21. The lowest BCUT2D eigenvalue weighted by Crippen LogP contribution is -2.50. The zero-order chi connectivity index (χ0) is 19.9. The van der Waals surface area contributed by atoms with Crippen LogP contribution in [-0.4, -0.2) is 39.0 Å². The zero-order valence-corrected chi connectivity index (χ0v) is 18.5. The van der Waals surface area contributed by atoms with Crippen molar-refractivity contribution in [2.45, 2.75) is 44.5 Å². The first-order valence-corrected chi connectivity index (χ1v) is 10.7. The molecule has 30 heavy (non-hydrogen) atoms. The van der Waals surface area contributed by atoms with Crippen molar-refractivity contribution in [3.8, 4) is 11.5 Å². The summed E-state index contributed by atoms with van der Waals surface area (Å²) < 4.78 is 17.2. The van der Waals surface area contributed by atoms with Gasteiger partial charge in [-0.15, -0.1) is 12.4 Å². The van der Waals surface area contributed by atoms with Crippen LogP contribution in [0, 0.1) is 5.92 Å². The topological polar surface area (TPSA) is 51.8 Å². The van der Waals surface area contributed by atoms with E-state index in [1.165, 1.54) is 24.8 Å².